The average Bonchev–Trinajstić information content (AvgIpc) is 3.27. The van der Waals surface area contributed by atoms with Crippen LogP contribution in [0.15, 0.2) is 0 Å². The van der Waals surface area contributed by atoms with Gasteiger partial charge in [0.15, 0.2) is 0 Å². The molecule has 1 aliphatic carbocycles. The second kappa shape index (κ2) is 6.67. The highest BCUT2D eigenvalue weighted by Crippen LogP contribution is 2.31. The molecule has 1 amide bonds. The van der Waals surface area contributed by atoms with Gasteiger partial charge in [0.05, 0.1) is 10.7 Å². The van der Waals surface area contributed by atoms with Crippen molar-refractivity contribution in [1.29, 1.82) is 0 Å². The lowest BCUT2D eigenvalue weighted by Gasteiger charge is -2.33. The highest BCUT2D eigenvalue weighted by atomic mass is 32.1. The highest BCUT2D eigenvalue weighted by molar-refractivity contribution is 7.11. The molecule has 0 spiro atoms. The molecule has 2 heterocycles. The van der Waals surface area contributed by atoms with E-state index in [1.165, 1.54) is 28.4 Å². The maximum atomic E-state index is 12.0. The van der Waals surface area contributed by atoms with Crippen LogP contribution in [0, 0.1) is 25.7 Å². The number of nitrogens with zero attached hydrogens (tertiary/aromatic N) is 3. The third kappa shape index (κ3) is 3.87. The van der Waals surface area contributed by atoms with Crippen molar-refractivity contribution < 1.29 is 4.79 Å². The van der Waals surface area contributed by atoms with Gasteiger partial charge in [-0.1, -0.05) is 0 Å². The molecule has 1 aromatic heterocycles. The van der Waals surface area contributed by atoms with Gasteiger partial charge in [0, 0.05) is 30.9 Å². The van der Waals surface area contributed by atoms with Crippen LogP contribution >= 0.6 is 11.3 Å². The van der Waals surface area contributed by atoms with Crippen molar-refractivity contribution in [2.45, 2.75) is 46.1 Å². The Morgan fingerprint density at radius 3 is 2.50 bits per heavy atom. The number of thiazole rings is 1. The van der Waals surface area contributed by atoms with Gasteiger partial charge in [0.2, 0.25) is 5.91 Å². The monoisotopic (exact) mass is 321 g/mol. The lowest BCUT2D eigenvalue weighted by atomic mass is 9.96. The molecule has 5 heteroatoms. The molecule has 0 atom stereocenters. The Labute approximate surface area is 137 Å². The van der Waals surface area contributed by atoms with Gasteiger partial charge >= 0.3 is 0 Å². The third-order valence-electron chi connectivity index (χ3n) is 4.91. The number of likely N-dealkylation sites (tertiary alicyclic amines) is 1. The van der Waals surface area contributed by atoms with Gasteiger partial charge in [-0.2, -0.15) is 0 Å². The van der Waals surface area contributed by atoms with Crippen LogP contribution in [0.5, 0.6) is 0 Å². The highest BCUT2D eigenvalue weighted by Gasteiger charge is 2.33. The van der Waals surface area contributed by atoms with Gasteiger partial charge in [0.25, 0.3) is 0 Å². The molecule has 1 saturated heterocycles. The van der Waals surface area contributed by atoms with Crippen molar-refractivity contribution >= 4 is 17.2 Å². The number of carbonyl (C=O) groups excluding carboxylic acids is 1. The number of hydrogen-bond donors (Lipinski definition) is 0. The average molecular weight is 321 g/mol. The number of piperidine rings is 1. The summed E-state index contributed by atoms with van der Waals surface area (Å²) in [4.78, 5) is 22.5. The van der Waals surface area contributed by atoms with E-state index in [2.05, 4.69) is 23.7 Å². The normalized spacial score (nSPS) is 20.3. The summed E-state index contributed by atoms with van der Waals surface area (Å²) in [6.45, 7) is 8.48. The Morgan fingerprint density at radius 2 is 1.95 bits per heavy atom. The second-order valence-electron chi connectivity index (χ2n) is 6.95. The van der Waals surface area contributed by atoms with Crippen molar-refractivity contribution in [2.75, 3.05) is 26.7 Å². The van der Waals surface area contributed by atoms with Crippen molar-refractivity contribution in [3.63, 3.8) is 0 Å². The van der Waals surface area contributed by atoms with Crippen LogP contribution in [0.3, 0.4) is 0 Å². The van der Waals surface area contributed by atoms with Gasteiger partial charge in [-0.25, -0.2) is 4.98 Å². The lowest BCUT2D eigenvalue weighted by molar-refractivity contribution is -0.132. The molecule has 22 heavy (non-hydrogen) atoms. The van der Waals surface area contributed by atoms with Crippen molar-refractivity contribution in [3.05, 3.63) is 15.6 Å². The molecule has 3 rings (SSSR count). The minimum absolute atomic E-state index is 0.350. The van der Waals surface area contributed by atoms with E-state index in [4.69, 9.17) is 0 Å². The fourth-order valence-electron chi connectivity index (χ4n) is 3.37. The maximum Gasteiger partial charge on any atom is 0.225 e. The van der Waals surface area contributed by atoms with Crippen molar-refractivity contribution in [2.24, 2.45) is 11.8 Å². The van der Waals surface area contributed by atoms with Crippen LogP contribution < -0.4 is 0 Å². The standard InChI is InChI=1S/C17H27N3OS/c1-12-16(22-13(2)18-12)11-20-8-6-14(7-9-20)10-19(3)17(21)15-4-5-15/h14-15H,4-11H2,1-3H3. The number of aryl methyl sites for hydroxylation is 2. The molecule has 0 N–H and O–H groups in total. The fraction of sp³-hybridized carbons (Fsp3) is 0.765. The molecule has 2 aliphatic rings. The molecule has 0 aromatic carbocycles. The van der Waals surface area contributed by atoms with Crippen LogP contribution in [-0.2, 0) is 11.3 Å². The number of carbonyl (C=O) groups is 1. The zero-order valence-electron chi connectivity index (χ0n) is 14.0. The summed E-state index contributed by atoms with van der Waals surface area (Å²) < 4.78 is 0. The first-order chi connectivity index (χ1) is 10.5. The van der Waals surface area contributed by atoms with E-state index in [9.17, 15) is 4.79 Å². The Bertz CT molecular complexity index is 530. The lowest BCUT2D eigenvalue weighted by Crippen LogP contribution is -2.39. The van der Waals surface area contributed by atoms with E-state index < -0.39 is 0 Å². The van der Waals surface area contributed by atoms with Crippen LogP contribution in [0.25, 0.3) is 0 Å². The number of rotatable bonds is 5. The topological polar surface area (TPSA) is 36.4 Å². The van der Waals surface area contributed by atoms with Gasteiger partial charge in [-0.3, -0.25) is 9.69 Å². The molecule has 0 radical (unpaired) electrons. The van der Waals surface area contributed by atoms with E-state index >= 15 is 0 Å². The Balaban J connectivity index is 1.44. The summed E-state index contributed by atoms with van der Waals surface area (Å²) in [6, 6.07) is 0. The van der Waals surface area contributed by atoms with Gasteiger partial charge in [-0.05, 0) is 58.5 Å². The molecule has 1 saturated carbocycles. The largest absolute Gasteiger partial charge is 0.345 e. The molecule has 1 aromatic rings. The minimum Gasteiger partial charge on any atom is -0.345 e. The van der Waals surface area contributed by atoms with E-state index in [1.807, 2.05) is 23.3 Å². The van der Waals surface area contributed by atoms with E-state index in [0.29, 0.717) is 17.7 Å². The third-order valence-corrected chi connectivity index (χ3v) is 5.97. The number of amides is 1. The first-order valence-corrected chi connectivity index (χ1v) is 9.25. The van der Waals surface area contributed by atoms with Crippen LogP contribution in [0.4, 0.5) is 0 Å². The van der Waals surface area contributed by atoms with Gasteiger partial charge < -0.3 is 4.90 Å². The van der Waals surface area contributed by atoms with E-state index in [-0.39, 0.29) is 0 Å². The number of aromatic nitrogens is 1. The predicted molar refractivity (Wildman–Crippen MR) is 90.0 cm³/mol. The predicted octanol–water partition coefficient (Wildman–Crippen LogP) is 2.84. The molecular weight excluding hydrogens is 294 g/mol. The zero-order valence-corrected chi connectivity index (χ0v) is 14.8. The quantitative estimate of drug-likeness (QED) is 0.837. The summed E-state index contributed by atoms with van der Waals surface area (Å²) in [7, 11) is 1.98. The summed E-state index contributed by atoms with van der Waals surface area (Å²) in [5, 5.41) is 1.17. The summed E-state index contributed by atoms with van der Waals surface area (Å²) in [5.41, 5.74) is 1.19. The SMILES string of the molecule is Cc1nc(C)c(CN2CCC(CN(C)C(=O)C3CC3)CC2)s1. The Hall–Kier alpha value is -0.940. The zero-order chi connectivity index (χ0) is 15.7. The fourth-order valence-corrected chi connectivity index (χ4v) is 4.35. The molecule has 0 bridgehead atoms. The van der Waals surface area contributed by atoms with Gasteiger partial charge in [0.1, 0.15) is 0 Å². The first-order valence-electron chi connectivity index (χ1n) is 8.43. The van der Waals surface area contributed by atoms with Gasteiger partial charge in [-0.15, -0.1) is 11.3 Å². The van der Waals surface area contributed by atoms with E-state index in [0.717, 1.165) is 39.0 Å². The van der Waals surface area contributed by atoms with Crippen LogP contribution in [0.1, 0.15) is 41.3 Å². The molecule has 2 fully saturated rings. The molecular formula is C17H27N3OS. The number of hydrogen-bond acceptors (Lipinski definition) is 4. The Kier molecular flexibility index (Phi) is 4.83. The minimum atomic E-state index is 0.350. The van der Waals surface area contributed by atoms with E-state index in [1.54, 1.807) is 0 Å². The summed E-state index contributed by atoms with van der Waals surface area (Å²) in [6.07, 6.45) is 4.63. The summed E-state index contributed by atoms with van der Waals surface area (Å²) >= 11 is 1.83. The smallest absolute Gasteiger partial charge is 0.225 e. The molecule has 1 aliphatic heterocycles. The van der Waals surface area contributed by atoms with Crippen LogP contribution in [0.2, 0.25) is 0 Å². The van der Waals surface area contributed by atoms with Crippen molar-refractivity contribution in [3.8, 4) is 0 Å². The first kappa shape index (κ1) is 15.9. The van der Waals surface area contributed by atoms with Crippen molar-refractivity contribution in [1.82, 2.24) is 14.8 Å². The molecule has 122 valence electrons. The second-order valence-corrected chi connectivity index (χ2v) is 8.24. The molecule has 4 nitrogen and oxygen atoms in total. The van der Waals surface area contributed by atoms with Crippen LogP contribution in [-0.4, -0.2) is 47.4 Å². The Morgan fingerprint density at radius 1 is 1.27 bits per heavy atom. The molecule has 0 unspecified atom stereocenters. The maximum absolute atomic E-state index is 12.0. The summed E-state index contributed by atoms with van der Waals surface area (Å²) in [5.74, 6) is 1.40.